The summed E-state index contributed by atoms with van der Waals surface area (Å²) < 4.78 is 11.3. The molecular weight excluding hydrogens is 296 g/mol. The van der Waals surface area contributed by atoms with E-state index in [1.165, 1.54) is 0 Å². The van der Waals surface area contributed by atoms with Crippen LogP contribution in [0.15, 0.2) is 48.5 Å². The quantitative estimate of drug-likeness (QED) is 0.782. The van der Waals surface area contributed by atoms with Gasteiger partial charge in [-0.2, -0.15) is 0 Å². The zero-order valence-corrected chi connectivity index (χ0v) is 12.9. The van der Waals surface area contributed by atoms with E-state index in [-0.39, 0.29) is 6.42 Å². The fraction of sp³-hybridized carbons (Fsp3) is 0.278. The number of aliphatic carboxylic acids is 1. The average Bonchev–Trinajstić information content (AvgIpc) is 2.54. The summed E-state index contributed by atoms with van der Waals surface area (Å²) in [5, 5.41) is 18.7. The largest absolute Gasteiger partial charge is 0.490 e. The third-order valence-corrected chi connectivity index (χ3v) is 3.26. The molecule has 0 bridgehead atoms. The van der Waals surface area contributed by atoms with Crippen LogP contribution in [0, 0.1) is 0 Å². The van der Waals surface area contributed by atoms with Crippen molar-refractivity contribution in [2.24, 2.45) is 0 Å². The Bertz CT molecular complexity index is 639. The van der Waals surface area contributed by atoms with Crippen LogP contribution in [0.4, 0.5) is 0 Å². The van der Waals surface area contributed by atoms with E-state index in [0.29, 0.717) is 30.3 Å². The van der Waals surface area contributed by atoms with Gasteiger partial charge in [0.2, 0.25) is 0 Å². The summed E-state index contributed by atoms with van der Waals surface area (Å²) in [6.45, 7) is 2.69. The molecule has 1 unspecified atom stereocenters. The molecule has 0 radical (unpaired) electrons. The molecule has 23 heavy (non-hydrogen) atoms. The van der Waals surface area contributed by atoms with Crippen molar-refractivity contribution >= 4 is 5.97 Å². The van der Waals surface area contributed by atoms with Gasteiger partial charge < -0.3 is 19.7 Å². The molecule has 0 aliphatic carbocycles. The normalized spacial score (nSPS) is 11.7. The third-order valence-electron chi connectivity index (χ3n) is 3.26. The molecule has 0 aromatic heterocycles. The van der Waals surface area contributed by atoms with Gasteiger partial charge in [0.1, 0.15) is 6.61 Å². The highest BCUT2D eigenvalue weighted by Gasteiger charge is 2.15. The summed E-state index contributed by atoms with van der Waals surface area (Å²) in [7, 11) is 0. The molecule has 0 spiro atoms. The molecule has 0 aliphatic rings. The van der Waals surface area contributed by atoms with Crippen LogP contribution in [0.5, 0.6) is 11.5 Å². The van der Waals surface area contributed by atoms with Crippen LogP contribution < -0.4 is 9.47 Å². The Morgan fingerprint density at radius 3 is 2.48 bits per heavy atom. The predicted octanol–water partition coefficient (Wildman–Crippen LogP) is 3.17. The minimum atomic E-state index is -1.07. The van der Waals surface area contributed by atoms with E-state index in [0.717, 1.165) is 5.56 Å². The predicted molar refractivity (Wildman–Crippen MR) is 85.6 cm³/mol. The van der Waals surface area contributed by atoms with Gasteiger partial charge in [0.15, 0.2) is 11.5 Å². The van der Waals surface area contributed by atoms with Gasteiger partial charge in [-0.1, -0.05) is 36.4 Å². The Labute approximate surface area is 135 Å². The van der Waals surface area contributed by atoms with Crippen LogP contribution in [0.2, 0.25) is 0 Å². The monoisotopic (exact) mass is 316 g/mol. The Morgan fingerprint density at radius 2 is 1.83 bits per heavy atom. The van der Waals surface area contributed by atoms with Gasteiger partial charge in [0.05, 0.1) is 19.1 Å². The van der Waals surface area contributed by atoms with Crippen molar-refractivity contribution in [3.63, 3.8) is 0 Å². The fourth-order valence-electron chi connectivity index (χ4n) is 2.14. The maximum absolute atomic E-state index is 10.7. The first kappa shape index (κ1) is 16.8. The highest BCUT2D eigenvalue weighted by atomic mass is 16.5. The van der Waals surface area contributed by atoms with E-state index in [1.54, 1.807) is 18.2 Å². The number of hydrogen-bond acceptors (Lipinski definition) is 4. The molecule has 0 amide bonds. The molecule has 0 saturated carbocycles. The first-order valence-electron chi connectivity index (χ1n) is 7.43. The fourth-order valence-corrected chi connectivity index (χ4v) is 2.14. The molecule has 0 heterocycles. The number of carboxylic acids is 1. The first-order chi connectivity index (χ1) is 11.1. The van der Waals surface area contributed by atoms with Crippen LogP contribution in [0.3, 0.4) is 0 Å². The van der Waals surface area contributed by atoms with Gasteiger partial charge in [-0.3, -0.25) is 4.79 Å². The van der Waals surface area contributed by atoms with Crippen molar-refractivity contribution in [3.8, 4) is 11.5 Å². The highest BCUT2D eigenvalue weighted by molar-refractivity contribution is 5.67. The molecule has 5 nitrogen and oxygen atoms in total. The van der Waals surface area contributed by atoms with Gasteiger partial charge in [0.25, 0.3) is 0 Å². The number of aliphatic hydroxyl groups is 1. The van der Waals surface area contributed by atoms with E-state index in [2.05, 4.69) is 0 Å². The average molecular weight is 316 g/mol. The lowest BCUT2D eigenvalue weighted by atomic mass is 10.1. The number of rotatable bonds is 8. The van der Waals surface area contributed by atoms with E-state index in [9.17, 15) is 9.90 Å². The van der Waals surface area contributed by atoms with Crippen molar-refractivity contribution in [2.75, 3.05) is 6.61 Å². The van der Waals surface area contributed by atoms with Gasteiger partial charge in [-0.25, -0.2) is 0 Å². The second kappa shape index (κ2) is 8.19. The molecule has 2 aromatic rings. The topological polar surface area (TPSA) is 76.0 Å². The molecular formula is C18H20O5. The SMILES string of the molecule is CCOc1cc(C(O)CC(=O)O)ccc1OCc1ccccc1. The first-order valence-corrected chi connectivity index (χ1v) is 7.43. The molecule has 0 saturated heterocycles. The molecule has 0 fully saturated rings. The lowest BCUT2D eigenvalue weighted by Gasteiger charge is -2.15. The van der Waals surface area contributed by atoms with Crippen LogP contribution in [0.25, 0.3) is 0 Å². The number of hydrogen-bond donors (Lipinski definition) is 2. The Kier molecular flexibility index (Phi) is 6.00. The van der Waals surface area contributed by atoms with Crippen LogP contribution in [0.1, 0.15) is 30.6 Å². The van der Waals surface area contributed by atoms with Gasteiger partial charge >= 0.3 is 5.97 Å². The van der Waals surface area contributed by atoms with E-state index >= 15 is 0 Å². The van der Waals surface area contributed by atoms with Crippen LogP contribution in [-0.4, -0.2) is 22.8 Å². The van der Waals surface area contributed by atoms with Crippen molar-refractivity contribution in [3.05, 3.63) is 59.7 Å². The van der Waals surface area contributed by atoms with Crippen molar-refractivity contribution in [1.82, 2.24) is 0 Å². The Balaban J connectivity index is 2.14. The molecule has 1 atom stereocenters. The zero-order valence-electron chi connectivity index (χ0n) is 12.9. The Morgan fingerprint density at radius 1 is 1.09 bits per heavy atom. The van der Waals surface area contributed by atoms with Gasteiger partial charge in [-0.15, -0.1) is 0 Å². The van der Waals surface area contributed by atoms with Gasteiger partial charge in [-0.05, 0) is 30.2 Å². The molecule has 0 aliphatic heterocycles. The van der Waals surface area contributed by atoms with E-state index < -0.39 is 12.1 Å². The summed E-state index contributed by atoms with van der Waals surface area (Å²) in [6, 6.07) is 14.7. The Hall–Kier alpha value is -2.53. The molecule has 122 valence electrons. The number of carboxylic acid groups (broad SMARTS) is 1. The van der Waals surface area contributed by atoms with Crippen LogP contribution >= 0.6 is 0 Å². The summed E-state index contributed by atoms with van der Waals surface area (Å²) in [5.74, 6) is -0.00721. The summed E-state index contributed by atoms with van der Waals surface area (Å²) in [5.41, 5.74) is 1.52. The highest BCUT2D eigenvalue weighted by Crippen LogP contribution is 2.32. The minimum Gasteiger partial charge on any atom is -0.490 e. The van der Waals surface area contributed by atoms with Crippen molar-refractivity contribution in [2.45, 2.75) is 26.1 Å². The maximum Gasteiger partial charge on any atom is 0.306 e. The van der Waals surface area contributed by atoms with Crippen molar-refractivity contribution < 1.29 is 24.5 Å². The maximum atomic E-state index is 10.7. The molecule has 2 aromatic carbocycles. The van der Waals surface area contributed by atoms with E-state index in [4.69, 9.17) is 14.6 Å². The summed E-state index contributed by atoms with van der Waals surface area (Å²) in [6.07, 6.45) is -1.43. The minimum absolute atomic E-state index is 0.351. The molecule has 5 heteroatoms. The number of ether oxygens (including phenoxy) is 2. The summed E-state index contributed by atoms with van der Waals surface area (Å²) in [4.78, 5) is 10.7. The zero-order chi connectivity index (χ0) is 16.7. The summed E-state index contributed by atoms with van der Waals surface area (Å²) >= 11 is 0. The number of benzene rings is 2. The number of aliphatic hydroxyl groups excluding tert-OH is 1. The molecule has 2 N–H and O–H groups in total. The lowest BCUT2D eigenvalue weighted by molar-refractivity contribution is -0.139. The number of carbonyl (C=O) groups is 1. The van der Waals surface area contributed by atoms with Crippen LogP contribution in [-0.2, 0) is 11.4 Å². The van der Waals surface area contributed by atoms with E-state index in [1.807, 2.05) is 37.3 Å². The lowest BCUT2D eigenvalue weighted by Crippen LogP contribution is -2.06. The smallest absolute Gasteiger partial charge is 0.306 e. The standard InChI is InChI=1S/C18H20O5/c1-2-22-17-10-14(15(19)11-18(20)21)8-9-16(17)23-12-13-6-4-3-5-7-13/h3-10,15,19H,2,11-12H2,1H3,(H,20,21). The second-order valence-electron chi connectivity index (χ2n) is 5.03. The van der Waals surface area contributed by atoms with Gasteiger partial charge in [0, 0.05) is 0 Å². The second-order valence-corrected chi connectivity index (χ2v) is 5.03. The van der Waals surface area contributed by atoms with Crippen molar-refractivity contribution in [1.29, 1.82) is 0 Å². The molecule has 2 rings (SSSR count). The third kappa shape index (κ3) is 5.00.